The summed E-state index contributed by atoms with van der Waals surface area (Å²) < 4.78 is 5.43. The minimum Gasteiger partial charge on any atom is -0.484 e. The quantitative estimate of drug-likeness (QED) is 0.576. The largest absolute Gasteiger partial charge is 0.484 e. The first-order chi connectivity index (χ1) is 4.93. The van der Waals surface area contributed by atoms with Crippen molar-refractivity contribution in [3.8, 4) is 0 Å². The normalized spacial score (nSPS) is 21.9. The molecule has 0 aliphatic carbocycles. The number of carbonyl (C=O) groups is 1. The minimum atomic E-state index is -0.625. The van der Waals surface area contributed by atoms with Crippen LogP contribution < -0.4 is 0 Å². The van der Waals surface area contributed by atoms with Crippen molar-refractivity contribution in [2.45, 2.75) is 33.3 Å². The summed E-state index contributed by atoms with van der Waals surface area (Å²) in [5.74, 6) is 1.18. The van der Waals surface area contributed by atoms with E-state index in [9.17, 15) is 4.79 Å². The summed E-state index contributed by atoms with van der Waals surface area (Å²) in [7, 11) is 0. The van der Waals surface area contributed by atoms with E-state index < -0.39 is 5.60 Å². The number of ether oxygens (including phenoxy) is 1. The third-order valence-corrected chi connectivity index (χ3v) is 1.81. The molecule has 0 aromatic rings. The lowest BCUT2D eigenvalue weighted by Gasteiger charge is -2.19. The first-order valence-corrected chi connectivity index (χ1v) is 3.88. The van der Waals surface area contributed by atoms with Crippen molar-refractivity contribution in [2.75, 3.05) is 0 Å². The van der Waals surface area contributed by atoms with E-state index in [4.69, 9.17) is 4.74 Å². The molecule has 2 heteroatoms. The van der Waals surface area contributed by atoms with Crippen LogP contribution in [0, 0.1) is 5.92 Å². The van der Waals surface area contributed by atoms with Gasteiger partial charge >= 0.3 is 0 Å². The molecule has 0 aromatic carbocycles. The molecule has 2 nitrogen and oxygen atoms in total. The Morgan fingerprint density at radius 2 is 2.00 bits per heavy atom. The molecular weight excluding hydrogens is 140 g/mol. The summed E-state index contributed by atoms with van der Waals surface area (Å²) in [4.78, 5) is 11.2. The summed E-state index contributed by atoms with van der Waals surface area (Å²) in [6.45, 7) is 7.61. The highest BCUT2D eigenvalue weighted by atomic mass is 16.5. The van der Waals surface area contributed by atoms with Crippen LogP contribution in [0.15, 0.2) is 11.8 Å². The Morgan fingerprint density at radius 3 is 2.18 bits per heavy atom. The van der Waals surface area contributed by atoms with Crippen LogP contribution in [-0.2, 0) is 9.53 Å². The Hall–Kier alpha value is -0.790. The molecule has 0 radical (unpaired) electrons. The summed E-state index contributed by atoms with van der Waals surface area (Å²) in [6.07, 6.45) is 1.60. The van der Waals surface area contributed by atoms with E-state index in [0.29, 0.717) is 5.92 Å². The zero-order chi connectivity index (χ0) is 8.65. The summed E-state index contributed by atoms with van der Waals surface area (Å²) >= 11 is 0. The van der Waals surface area contributed by atoms with Gasteiger partial charge in [0.1, 0.15) is 5.76 Å². The SMILES string of the molecule is CC(C)C1=CC(=O)C(C)(C)O1. The van der Waals surface area contributed by atoms with Gasteiger partial charge in [-0.2, -0.15) is 0 Å². The maximum atomic E-state index is 11.2. The van der Waals surface area contributed by atoms with E-state index in [-0.39, 0.29) is 5.78 Å². The smallest absolute Gasteiger partial charge is 0.201 e. The molecule has 0 unspecified atom stereocenters. The molecule has 0 spiro atoms. The number of hydrogen-bond acceptors (Lipinski definition) is 2. The molecule has 1 rings (SSSR count). The molecule has 62 valence electrons. The molecule has 1 aliphatic heterocycles. The predicted molar refractivity (Wildman–Crippen MR) is 43.1 cm³/mol. The van der Waals surface area contributed by atoms with Gasteiger partial charge in [-0.25, -0.2) is 0 Å². The highest BCUT2D eigenvalue weighted by Crippen LogP contribution is 2.28. The lowest BCUT2D eigenvalue weighted by atomic mass is 10.1. The number of carbonyl (C=O) groups excluding carboxylic acids is 1. The van der Waals surface area contributed by atoms with Crippen molar-refractivity contribution in [3.63, 3.8) is 0 Å². The standard InChI is InChI=1S/C9H14O2/c1-6(2)7-5-8(10)9(3,4)11-7/h5-6H,1-4H3. The van der Waals surface area contributed by atoms with Gasteiger partial charge in [0.15, 0.2) is 5.60 Å². The maximum Gasteiger partial charge on any atom is 0.201 e. The monoisotopic (exact) mass is 154 g/mol. The van der Waals surface area contributed by atoms with E-state index in [2.05, 4.69) is 0 Å². The summed E-state index contributed by atoms with van der Waals surface area (Å²) in [6, 6.07) is 0. The minimum absolute atomic E-state index is 0.0706. The average Bonchev–Trinajstić information content (AvgIpc) is 2.08. The Labute approximate surface area is 67.2 Å². The van der Waals surface area contributed by atoms with E-state index in [1.165, 1.54) is 0 Å². The molecule has 0 amide bonds. The Balaban J connectivity index is 2.80. The molecular formula is C9H14O2. The van der Waals surface area contributed by atoms with Crippen molar-refractivity contribution < 1.29 is 9.53 Å². The van der Waals surface area contributed by atoms with E-state index in [0.717, 1.165) is 5.76 Å². The first-order valence-electron chi connectivity index (χ1n) is 3.88. The maximum absolute atomic E-state index is 11.2. The molecule has 0 N–H and O–H groups in total. The van der Waals surface area contributed by atoms with Crippen LogP contribution >= 0.6 is 0 Å². The van der Waals surface area contributed by atoms with Crippen LogP contribution in [0.3, 0.4) is 0 Å². The molecule has 1 aliphatic rings. The molecule has 11 heavy (non-hydrogen) atoms. The molecule has 0 atom stereocenters. The second-order valence-corrected chi connectivity index (χ2v) is 3.68. The van der Waals surface area contributed by atoms with Crippen LogP contribution in [0.25, 0.3) is 0 Å². The fourth-order valence-electron chi connectivity index (χ4n) is 0.962. The van der Waals surface area contributed by atoms with E-state index >= 15 is 0 Å². The van der Waals surface area contributed by atoms with Crippen LogP contribution in [-0.4, -0.2) is 11.4 Å². The Kier molecular flexibility index (Phi) is 1.78. The zero-order valence-corrected chi connectivity index (χ0v) is 7.47. The molecule has 0 fully saturated rings. The Morgan fingerprint density at radius 1 is 1.45 bits per heavy atom. The van der Waals surface area contributed by atoms with Crippen molar-refractivity contribution in [1.29, 1.82) is 0 Å². The highest BCUT2D eigenvalue weighted by Gasteiger charge is 2.35. The van der Waals surface area contributed by atoms with Gasteiger partial charge in [0, 0.05) is 12.0 Å². The highest BCUT2D eigenvalue weighted by molar-refractivity contribution is 5.98. The van der Waals surface area contributed by atoms with Crippen molar-refractivity contribution in [3.05, 3.63) is 11.8 Å². The second-order valence-electron chi connectivity index (χ2n) is 3.68. The molecule has 0 saturated carbocycles. The first kappa shape index (κ1) is 8.31. The Bertz CT molecular complexity index is 212. The van der Waals surface area contributed by atoms with Gasteiger partial charge in [-0.15, -0.1) is 0 Å². The lowest BCUT2D eigenvalue weighted by Crippen LogP contribution is -2.28. The predicted octanol–water partition coefficient (Wildman–Crippen LogP) is 1.90. The van der Waals surface area contributed by atoms with Gasteiger partial charge < -0.3 is 4.74 Å². The number of allylic oxidation sites excluding steroid dienone is 1. The summed E-state index contributed by atoms with van der Waals surface area (Å²) in [5.41, 5.74) is -0.625. The van der Waals surface area contributed by atoms with Gasteiger partial charge in [-0.3, -0.25) is 4.79 Å². The molecule has 0 saturated heterocycles. The van der Waals surface area contributed by atoms with E-state index in [1.54, 1.807) is 19.9 Å². The van der Waals surface area contributed by atoms with Crippen LogP contribution in [0.1, 0.15) is 27.7 Å². The molecule has 1 heterocycles. The fourth-order valence-corrected chi connectivity index (χ4v) is 0.962. The van der Waals surface area contributed by atoms with Crippen LogP contribution in [0.2, 0.25) is 0 Å². The molecule has 0 bridgehead atoms. The summed E-state index contributed by atoms with van der Waals surface area (Å²) in [5, 5.41) is 0. The zero-order valence-electron chi connectivity index (χ0n) is 7.47. The van der Waals surface area contributed by atoms with Gasteiger partial charge in [-0.05, 0) is 13.8 Å². The van der Waals surface area contributed by atoms with Gasteiger partial charge in [0.05, 0.1) is 0 Å². The molecule has 0 aromatic heterocycles. The number of ketones is 1. The van der Waals surface area contributed by atoms with Crippen LogP contribution in [0.4, 0.5) is 0 Å². The van der Waals surface area contributed by atoms with Gasteiger partial charge in [0.2, 0.25) is 5.78 Å². The number of rotatable bonds is 1. The average molecular weight is 154 g/mol. The van der Waals surface area contributed by atoms with Crippen LogP contribution in [0.5, 0.6) is 0 Å². The number of hydrogen-bond donors (Lipinski definition) is 0. The third kappa shape index (κ3) is 1.44. The third-order valence-electron chi connectivity index (χ3n) is 1.81. The second kappa shape index (κ2) is 2.36. The van der Waals surface area contributed by atoms with Crippen molar-refractivity contribution >= 4 is 5.78 Å². The van der Waals surface area contributed by atoms with Crippen molar-refractivity contribution in [1.82, 2.24) is 0 Å². The van der Waals surface area contributed by atoms with Gasteiger partial charge in [0.25, 0.3) is 0 Å². The van der Waals surface area contributed by atoms with E-state index in [1.807, 2.05) is 13.8 Å². The fraction of sp³-hybridized carbons (Fsp3) is 0.667. The van der Waals surface area contributed by atoms with Gasteiger partial charge in [-0.1, -0.05) is 13.8 Å². The van der Waals surface area contributed by atoms with Crippen molar-refractivity contribution in [2.24, 2.45) is 5.92 Å². The lowest BCUT2D eigenvalue weighted by molar-refractivity contribution is -0.127. The topological polar surface area (TPSA) is 26.3 Å².